The standard InChI is InChI=1S/C7H15NO2S/c1-4-11-5-7(2,8-3)6(9)10/h8H,4-5H2,1-3H3,(H,9,10). The maximum absolute atomic E-state index is 10.7. The van der Waals surface area contributed by atoms with Gasteiger partial charge in [0.15, 0.2) is 0 Å². The fraction of sp³-hybridized carbons (Fsp3) is 0.857. The summed E-state index contributed by atoms with van der Waals surface area (Å²) >= 11 is 1.62. The molecule has 2 N–H and O–H groups in total. The van der Waals surface area contributed by atoms with Crippen molar-refractivity contribution in [3.05, 3.63) is 0 Å². The molecule has 0 aromatic carbocycles. The highest BCUT2D eigenvalue weighted by Crippen LogP contribution is 2.12. The van der Waals surface area contributed by atoms with E-state index in [9.17, 15) is 4.79 Å². The molecule has 66 valence electrons. The zero-order valence-electron chi connectivity index (χ0n) is 7.18. The van der Waals surface area contributed by atoms with Gasteiger partial charge in [-0.25, -0.2) is 0 Å². The third-order valence-electron chi connectivity index (χ3n) is 1.62. The number of thioether (sulfide) groups is 1. The van der Waals surface area contributed by atoms with Crippen LogP contribution in [-0.2, 0) is 4.79 Å². The van der Waals surface area contributed by atoms with Crippen molar-refractivity contribution in [1.29, 1.82) is 0 Å². The van der Waals surface area contributed by atoms with E-state index in [1.54, 1.807) is 25.7 Å². The zero-order valence-corrected chi connectivity index (χ0v) is 7.99. The van der Waals surface area contributed by atoms with Crippen LogP contribution in [0, 0.1) is 0 Å². The molecule has 4 heteroatoms. The molecular formula is C7H15NO2S. The Balaban J connectivity index is 3.99. The topological polar surface area (TPSA) is 49.3 Å². The molecule has 0 saturated heterocycles. The lowest BCUT2D eigenvalue weighted by Crippen LogP contribution is -2.49. The van der Waals surface area contributed by atoms with Crippen molar-refractivity contribution in [2.75, 3.05) is 18.6 Å². The molecule has 0 amide bonds. The molecule has 0 aliphatic heterocycles. The molecule has 0 aromatic heterocycles. The summed E-state index contributed by atoms with van der Waals surface area (Å²) in [6.07, 6.45) is 0. The Bertz CT molecular complexity index is 140. The van der Waals surface area contributed by atoms with Gasteiger partial charge in [-0.1, -0.05) is 6.92 Å². The number of carboxylic acids is 1. The highest BCUT2D eigenvalue weighted by Gasteiger charge is 2.30. The van der Waals surface area contributed by atoms with E-state index in [2.05, 4.69) is 5.32 Å². The summed E-state index contributed by atoms with van der Waals surface area (Å²) in [4.78, 5) is 10.7. The van der Waals surface area contributed by atoms with Crippen molar-refractivity contribution in [2.45, 2.75) is 19.4 Å². The predicted molar refractivity (Wildman–Crippen MR) is 48.1 cm³/mol. The Morgan fingerprint density at radius 2 is 2.27 bits per heavy atom. The number of carbonyl (C=O) groups is 1. The lowest BCUT2D eigenvalue weighted by atomic mass is 10.1. The van der Waals surface area contributed by atoms with Gasteiger partial charge >= 0.3 is 5.97 Å². The third-order valence-corrected chi connectivity index (χ3v) is 2.81. The molecule has 1 atom stereocenters. The first-order valence-electron chi connectivity index (χ1n) is 3.57. The van der Waals surface area contributed by atoms with E-state index >= 15 is 0 Å². The van der Waals surface area contributed by atoms with E-state index in [0.717, 1.165) is 5.75 Å². The molecule has 0 rings (SSSR count). The summed E-state index contributed by atoms with van der Waals surface area (Å²) in [5, 5.41) is 11.6. The summed E-state index contributed by atoms with van der Waals surface area (Å²) in [6.45, 7) is 3.71. The molecular weight excluding hydrogens is 162 g/mol. The summed E-state index contributed by atoms with van der Waals surface area (Å²) < 4.78 is 0. The van der Waals surface area contributed by atoms with Crippen LogP contribution >= 0.6 is 11.8 Å². The molecule has 0 spiro atoms. The van der Waals surface area contributed by atoms with Crippen molar-refractivity contribution in [2.24, 2.45) is 0 Å². The van der Waals surface area contributed by atoms with Gasteiger partial charge < -0.3 is 10.4 Å². The number of carboxylic acid groups (broad SMARTS) is 1. The van der Waals surface area contributed by atoms with E-state index in [-0.39, 0.29) is 0 Å². The Hall–Kier alpha value is -0.220. The molecule has 0 radical (unpaired) electrons. The van der Waals surface area contributed by atoms with Crippen molar-refractivity contribution in [3.63, 3.8) is 0 Å². The van der Waals surface area contributed by atoms with Crippen molar-refractivity contribution in [1.82, 2.24) is 5.32 Å². The minimum atomic E-state index is -0.791. The van der Waals surface area contributed by atoms with Crippen LogP contribution in [0.25, 0.3) is 0 Å². The highest BCUT2D eigenvalue weighted by molar-refractivity contribution is 7.99. The quantitative estimate of drug-likeness (QED) is 0.652. The van der Waals surface area contributed by atoms with Gasteiger partial charge in [0, 0.05) is 5.75 Å². The largest absolute Gasteiger partial charge is 0.480 e. The first kappa shape index (κ1) is 10.8. The van der Waals surface area contributed by atoms with Gasteiger partial charge in [0.05, 0.1) is 0 Å². The molecule has 0 fully saturated rings. The van der Waals surface area contributed by atoms with Crippen LogP contribution in [0.4, 0.5) is 0 Å². The number of hydrogen-bond donors (Lipinski definition) is 2. The molecule has 0 heterocycles. The van der Waals surface area contributed by atoms with Gasteiger partial charge in [0.25, 0.3) is 0 Å². The predicted octanol–water partition coefficient (Wildman–Crippen LogP) is 0.802. The van der Waals surface area contributed by atoms with Crippen LogP contribution in [0.2, 0.25) is 0 Å². The van der Waals surface area contributed by atoms with Gasteiger partial charge in [-0.3, -0.25) is 4.79 Å². The Labute approximate surface area is 71.6 Å². The molecule has 0 aliphatic rings. The average Bonchev–Trinajstić information content (AvgIpc) is 2.00. The van der Waals surface area contributed by atoms with E-state index < -0.39 is 11.5 Å². The highest BCUT2D eigenvalue weighted by atomic mass is 32.2. The lowest BCUT2D eigenvalue weighted by Gasteiger charge is -2.23. The van der Waals surface area contributed by atoms with Crippen LogP contribution in [0.3, 0.4) is 0 Å². The van der Waals surface area contributed by atoms with Crippen molar-refractivity contribution < 1.29 is 9.90 Å². The molecule has 0 saturated carbocycles. The van der Waals surface area contributed by atoms with Gasteiger partial charge in [-0.05, 0) is 19.7 Å². The number of likely N-dealkylation sites (N-methyl/N-ethyl adjacent to an activating group) is 1. The maximum Gasteiger partial charge on any atom is 0.324 e. The minimum Gasteiger partial charge on any atom is -0.480 e. The average molecular weight is 177 g/mol. The van der Waals surface area contributed by atoms with E-state index in [1.165, 1.54) is 0 Å². The number of hydrogen-bond acceptors (Lipinski definition) is 3. The number of nitrogens with one attached hydrogen (secondary N) is 1. The molecule has 11 heavy (non-hydrogen) atoms. The van der Waals surface area contributed by atoms with Crippen LogP contribution in [0.5, 0.6) is 0 Å². The number of rotatable bonds is 5. The summed E-state index contributed by atoms with van der Waals surface area (Å²) in [5.74, 6) is 0.765. The Kier molecular flexibility index (Phi) is 4.52. The molecule has 0 aromatic rings. The van der Waals surface area contributed by atoms with Crippen LogP contribution in [-0.4, -0.2) is 35.2 Å². The molecule has 0 bridgehead atoms. The summed E-state index contributed by atoms with van der Waals surface area (Å²) in [7, 11) is 1.67. The van der Waals surface area contributed by atoms with Crippen LogP contribution in [0.15, 0.2) is 0 Å². The van der Waals surface area contributed by atoms with E-state index in [0.29, 0.717) is 5.75 Å². The second-order valence-electron chi connectivity index (χ2n) is 2.52. The SMILES string of the molecule is CCSCC(C)(NC)C(=O)O. The fourth-order valence-electron chi connectivity index (χ4n) is 0.547. The van der Waals surface area contributed by atoms with Crippen LogP contribution < -0.4 is 5.32 Å². The van der Waals surface area contributed by atoms with Crippen LogP contribution in [0.1, 0.15) is 13.8 Å². The molecule has 1 unspecified atom stereocenters. The zero-order chi connectivity index (χ0) is 8.91. The second-order valence-corrected chi connectivity index (χ2v) is 3.80. The third kappa shape index (κ3) is 3.12. The smallest absolute Gasteiger partial charge is 0.324 e. The molecule has 3 nitrogen and oxygen atoms in total. The maximum atomic E-state index is 10.7. The second kappa shape index (κ2) is 4.62. The minimum absolute atomic E-state index is 0.606. The number of aliphatic carboxylic acids is 1. The molecule has 0 aliphatic carbocycles. The summed E-state index contributed by atoms with van der Waals surface area (Å²) in [6, 6.07) is 0. The fourth-order valence-corrected chi connectivity index (χ4v) is 1.43. The van der Waals surface area contributed by atoms with E-state index in [4.69, 9.17) is 5.11 Å². The van der Waals surface area contributed by atoms with Crippen molar-refractivity contribution in [3.8, 4) is 0 Å². The Morgan fingerprint density at radius 3 is 2.55 bits per heavy atom. The van der Waals surface area contributed by atoms with Gasteiger partial charge in [0.2, 0.25) is 0 Å². The lowest BCUT2D eigenvalue weighted by molar-refractivity contribution is -0.142. The Morgan fingerprint density at radius 1 is 1.73 bits per heavy atom. The van der Waals surface area contributed by atoms with Gasteiger partial charge in [-0.15, -0.1) is 0 Å². The van der Waals surface area contributed by atoms with E-state index in [1.807, 2.05) is 6.92 Å². The summed E-state index contributed by atoms with van der Waals surface area (Å²) in [5.41, 5.74) is -0.777. The monoisotopic (exact) mass is 177 g/mol. The first-order chi connectivity index (χ1) is 5.06. The first-order valence-corrected chi connectivity index (χ1v) is 4.72. The van der Waals surface area contributed by atoms with Crippen molar-refractivity contribution >= 4 is 17.7 Å². The van der Waals surface area contributed by atoms with Gasteiger partial charge in [-0.2, -0.15) is 11.8 Å². The normalized spacial score (nSPS) is 15.9. The van der Waals surface area contributed by atoms with Gasteiger partial charge in [0.1, 0.15) is 5.54 Å².